The number of ether oxygens (including phenoxy) is 2. The fraction of sp³-hybridized carbons (Fsp3) is 0.263. The first-order valence-corrected chi connectivity index (χ1v) is 11.1. The summed E-state index contributed by atoms with van der Waals surface area (Å²) >= 11 is 1.85. The molecular formula is C19H18IN3O4S. The Hall–Kier alpha value is -2.14. The van der Waals surface area contributed by atoms with Crippen molar-refractivity contribution in [1.29, 1.82) is 0 Å². The Morgan fingerprint density at radius 2 is 1.64 bits per heavy atom. The van der Waals surface area contributed by atoms with Crippen LogP contribution in [0.1, 0.15) is 12.8 Å². The van der Waals surface area contributed by atoms with E-state index in [2.05, 4.69) is 9.97 Å². The van der Waals surface area contributed by atoms with Crippen LogP contribution in [0.25, 0.3) is 22.3 Å². The maximum absolute atomic E-state index is 12.4. The van der Waals surface area contributed by atoms with Crippen LogP contribution in [0.3, 0.4) is 0 Å². The molecule has 0 aliphatic heterocycles. The third kappa shape index (κ3) is 3.48. The van der Waals surface area contributed by atoms with Gasteiger partial charge in [-0.1, -0.05) is 12.1 Å². The van der Waals surface area contributed by atoms with Gasteiger partial charge in [-0.25, -0.2) is 15.9 Å². The first-order chi connectivity index (χ1) is 13.4. The molecule has 4 rings (SSSR count). The predicted molar refractivity (Wildman–Crippen MR) is 117 cm³/mol. The topological polar surface area (TPSA) is 81.6 Å². The minimum Gasteiger partial charge on any atom is -0.493 e. The summed E-state index contributed by atoms with van der Waals surface area (Å²) < 4.78 is 36.7. The second-order valence-electron chi connectivity index (χ2n) is 6.46. The Kier molecular flexibility index (Phi) is 5.04. The lowest BCUT2D eigenvalue weighted by atomic mass is 10.1. The van der Waals surface area contributed by atoms with Crippen LogP contribution in [0.5, 0.6) is 11.5 Å². The summed E-state index contributed by atoms with van der Waals surface area (Å²) in [5.74, 6) is 1.18. The van der Waals surface area contributed by atoms with Gasteiger partial charge in [-0.05, 0) is 25.0 Å². The summed E-state index contributed by atoms with van der Waals surface area (Å²) in [7, 11) is -0.122. The van der Waals surface area contributed by atoms with E-state index in [1.807, 2.05) is 35.0 Å². The molecule has 0 unspecified atom stereocenters. The van der Waals surface area contributed by atoms with E-state index in [0.29, 0.717) is 33.9 Å². The zero-order valence-corrected chi connectivity index (χ0v) is 18.3. The fourth-order valence-electron chi connectivity index (χ4n) is 2.87. The highest BCUT2D eigenvalue weighted by Gasteiger charge is 2.39. The number of fused-ring (bicyclic) bond motifs is 1. The number of sulfonamides is 1. The second-order valence-corrected chi connectivity index (χ2v) is 10.1. The van der Waals surface area contributed by atoms with Gasteiger partial charge in [-0.3, -0.25) is 4.98 Å². The van der Waals surface area contributed by atoms with Crippen LogP contribution < -0.4 is 12.0 Å². The number of nitrogens with zero attached hydrogens (tertiary/aromatic N) is 3. The van der Waals surface area contributed by atoms with Crippen LogP contribution in [-0.2, 0) is 10.0 Å². The van der Waals surface area contributed by atoms with Crippen molar-refractivity contribution in [3.63, 3.8) is 0 Å². The Labute approximate surface area is 177 Å². The molecule has 1 aliphatic carbocycles. The van der Waals surface area contributed by atoms with Gasteiger partial charge in [0.15, 0.2) is 11.5 Å². The number of benzene rings is 2. The lowest BCUT2D eigenvalue weighted by Crippen LogP contribution is -2.24. The molecule has 28 heavy (non-hydrogen) atoms. The summed E-state index contributed by atoms with van der Waals surface area (Å²) in [5.41, 5.74) is 3.55. The zero-order valence-electron chi connectivity index (χ0n) is 15.3. The second kappa shape index (κ2) is 7.36. The minimum atomic E-state index is -3.27. The average Bonchev–Trinajstić information content (AvgIpc) is 3.58. The van der Waals surface area contributed by atoms with Crippen LogP contribution in [0.15, 0.2) is 42.6 Å². The number of anilines is 1. The standard InChI is InChI=1S/C19H18IN3O4S/c1-26-18-9-15-16(10-19(18)27-2)22-17(11-21-15)12-3-5-13(6-4-12)23(20)28(24,25)14-7-8-14/h3-6,9-11,14H,7-8H2,1-2H3. The van der Waals surface area contributed by atoms with E-state index in [1.54, 1.807) is 44.7 Å². The van der Waals surface area contributed by atoms with Crippen molar-refractivity contribution < 1.29 is 17.9 Å². The molecule has 0 spiro atoms. The summed E-state index contributed by atoms with van der Waals surface area (Å²) in [6.07, 6.45) is 3.16. The van der Waals surface area contributed by atoms with Gasteiger partial charge in [0, 0.05) is 17.7 Å². The largest absolute Gasteiger partial charge is 0.493 e. The molecule has 1 heterocycles. The Bertz CT molecular complexity index is 1130. The van der Waals surface area contributed by atoms with E-state index in [0.717, 1.165) is 18.4 Å². The quantitative estimate of drug-likeness (QED) is 0.368. The number of aromatic nitrogens is 2. The predicted octanol–water partition coefficient (Wildman–Crippen LogP) is 3.96. The van der Waals surface area contributed by atoms with Crippen molar-refractivity contribution in [2.45, 2.75) is 18.1 Å². The van der Waals surface area contributed by atoms with Gasteiger partial charge in [-0.2, -0.15) is 0 Å². The Morgan fingerprint density at radius 3 is 2.21 bits per heavy atom. The van der Waals surface area contributed by atoms with Crippen LogP contribution in [0, 0.1) is 0 Å². The number of rotatable bonds is 6. The highest BCUT2D eigenvalue weighted by atomic mass is 127. The molecule has 0 atom stereocenters. The molecule has 1 saturated carbocycles. The molecule has 2 aromatic carbocycles. The molecule has 0 N–H and O–H groups in total. The van der Waals surface area contributed by atoms with Gasteiger partial charge in [0.1, 0.15) is 0 Å². The maximum Gasteiger partial charge on any atom is 0.246 e. The van der Waals surface area contributed by atoms with Crippen molar-refractivity contribution in [2.75, 3.05) is 16.7 Å². The zero-order chi connectivity index (χ0) is 19.9. The van der Waals surface area contributed by atoms with Crippen LogP contribution in [0.2, 0.25) is 0 Å². The number of hydrogen-bond acceptors (Lipinski definition) is 6. The van der Waals surface area contributed by atoms with Crippen molar-refractivity contribution in [3.05, 3.63) is 42.6 Å². The van der Waals surface area contributed by atoms with Crippen molar-refractivity contribution in [2.24, 2.45) is 0 Å². The van der Waals surface area contributed by atoms with E-state index in [9.17, 15) is 8.42 Å². The molecule has 9 heteroatoms. The summed E-state index contributed by atoms with van der Waals surface area (Å²) in [4.78, 5) is 9.12. The fourth-order valence-corrected chi connectivity index (χ4v) is 5.57. The number of halogens is 1. The normalized spacial score (nSPS) is 14.1. The van der Waals surface area contributed by atoms with Crippen molar-refractivity contribution in [3.8, 4) is 22.8 Å². The summed E-state index contributed by atoms with van der Waals surface area (Å²) in [6, 6.07) is 10.8. The van der Waals surface area contributed by atoms with E-state index in [-0.39, 0.29) is 5.25 Å². The van der Waals surface area contributed by atoms with Crippen LogP contribution in [-0.4, -0.2) is 37.9 Å². The minimum absolute atomic E-state index is 0.248. The van der Waals surface area contributed by atoms with Gasteiger partial charge >= 0.3 is 0 Å². The molecule has 1 aliphatic rings. The lowest BCUT2D eigenvalue weighted by Gasteiger charge is -2.16. The van der Waals surface area contributed by atoms with Crippen molar-refractivity contribution in [1.82, 2.24) is 9.97 Å². The Morgan fingerprint density at radius 1 is 1.04 bits per heavy atom. The number of hydrogen-bond donors (Lipinski definition) is 0. The molecule has 7 nitrogen and oxygen atoms in total. The molecule has 1 fully saturated rings. The molecule has 146 valence electrons. The van der Waals surface area contributed by atoms with Gasteiger partial charge in [0.25, 0.3) is 0 Å². The van der Waals surface area contributed by atoms with Gasteiger partial charge < -0.3 is 9.47 Å². The molecular weight excluding hydrogens is 493 g/mol. The number of methoxy groups -OCH3 is 2. The first kappa shape index (κ1) is 19.2. The molecule has 0 amide bonds. The molecule has 0 bridgehead atoms. The molecule has 3 aromatic rings. The molecule has 0 saturated heterocycles. The molecule has 0 radical (unpaired) electrons. The van der Waals surface area contributed by atoms with Crippen molar-refractivity contribution >= 4 is 49.6 Å². The Balaban J connectivity index is 1.66. The van der Waals surface area contributed by atoms with E-state index < -0.39 is 10.0 Å². The average molecular weight is 511 g/mol. The van der Waals surface area contributed by atoms with Gasteiger partial charge in [0.2, 0.25) is 10.0 Å². The van der Waals surface area contributed by atoms with Crippen LogP contribution >= 0.6 is 22.9 Å². The third-order valence-corrected chi connectivity index (χ3v) is 8.76. The smallest absolute Gasteiger partial charge is 0.246 e. The molecule has 1 aromatic heterocycles. The van der Waals surface area contributed by atoms with Gasteiger partial charge in [0.05, 0.1) is 70.9 Å². The lowest BCUT2D eigenvalue weighted by molar-refractivity contribution is 0.355. The van der Waals surface area contributed by atoms with E-state index in [4.69, 9.17) is 9.47 Å². The highest BCUT2D eigenvalue weighted by molar-refractivity contribution is 14.1. The summed E-state index contributed by atoms with van der Waals surface area (Å²) in [5, 5.41) is -0.248. The highest BCUT2D eigenvalue weighted by Crippen LogP contribution is 2.36. The summed E-state index contributed by atoms with van der Waals surface area (Å²) in [6.45, 7) is 0. The van der Waals surface area contributed by atoms with Crippen LogP contribution in [0.4, 0.5) is 5.69 Å². The van der Waals surface area contributed by atoms with Gasteiger partial charge in [-0.15, -0.1) is 0 Å². The SMILES string of the molecule is COc1cc2ncc(-c3ccc(N(I)S(=O)(=O)C4CC4)cc3)nc2cc1OC. The van der Waals surface area contributed by atoms with E-state index >= 15 is 0 Å². The first-order valence-electron chi connectivity index (χ1n) is 8.63. The maximum atomic E-state index is 12.4. The van der Waals surface area contributed by atoms with E-state index in [1.165, 1.54) is 2.52 Å². The third-order valence-electron chi connectivity index (χ3n) is 4.58. The monoisotopic (exact) mass is 511 g/mol.